The summed E-state index contributed by atoms with van der Waals surface area (Å²) in [5, 5.41) is 8.92. The van der Waals surface area contributed by atoms with Crippen LogP contribution in [0.4, 0.5) is 0 Å². The minimum Gasteiger partial charge on any atom is -0.477 e. The van der Waals surface area contributed by atoms with E-state index < -0.39 is 11.8 Å². The van der Waals surface area contributed by atoms with E-state index in [1.807, 2.05) is 0 Å². The van der Waals surface area contributed by atoms with Crippen LogP contribution in [0.25, 0.3) is 0 Å². The highest BCUT2D eigenvalue weighted by atomic mass is 16.4. The van der Waals surface area contributed by atoms with Gasteiger partial charge in [-0.2, -0.15) is 0 Å². The molecule has 5 heteroatoms. The fourth-order valence-electron chi connectivity index (χ4n) is 1.13. The SMILES string of the molecule is CN(C)/C=C(/C(=O)O)C(=O)c1ccncc1. The molecule has 0 unspecified atom stereocenters. The lowest BCUT2D eigenvalue weighted by Gasteiger charge is -2.07. The molecule has 0 radical (unpaired) electrons. The molecule has 0 saturated heterocycles. The second-order valence-corrected chi connectivity index (χ2v) is 3.38. The van der Waals surface area contributed by atoms with Gasteiger partial charge in [0.2, 0.25) is 5.78 Å². The average molecular weight is 220 g/mol. The number of Topliss-reactive ketones (excluding diaryl/α,β-unsaturated/α-hetero) is 1. The largest absolute Gasteiger partial charge is 0.477 e. The highest BCUT2D eigenvalue weighted by Crippen LogP contribution is 2.08. The van der Waals surface area contributed by atoms with E-state index in [1.165, 1.54) is 35.6 Å². The molecule has 0 aromatic carbocycles. The first kappa shape index (κ1) is 11.9. The zero-order valence-electron chi connectivity index (χ0n) is 9.04. The minimum atomic E-state index is -1.24. The molecule has 0 bridgehead atoms. The Bertz CT molecular complexity index is 424. The molecule has 0 spiro atoms. The summed E-state index contributed by atoms with van der Waals surface area (Å²) in [7, 11) is 3.31. The number of ketones is 1. The van der Waals surface area contributed by atoms with Gasteiger partial charge in [0, 0.05) is 38.3 Å². The lowest BCUT2D eigenvalue weighted by atomic mass is 10.1. The fourth-order valence-corrected chi connectivity index (χ4v) is 1.13. The van der Waals surface area contributed by atoms with Crippen molar-refractivity contribution in [2.24, 2.45) is 0 Å². The Morgan fingerprint density at radius 3 is 2.31 bits per heavy atom. The smallest absolute Gasteiger partial charge is 0.341 e. The Morgan fingerprint density at radius 2 is 1.88 bits per heavy atom. The van der Waals surface area contributed by atoms with Gasteiger partial charge in [0.25, 0.3) is 0 Å². The van der Waals surface area contributed by atoms with Crippen molar-refractivity contribution in [3.8, 4) is 0 Å². The number of nitrogens with zero attached hydrogens (tertiary/aromatic N) is 2. The number of carboxylic acid groups (broad SMARTS) is 1. The maximum Gasteiger partial charge on any atom is 0.341 e. The maximum absolute atomic E-state index is 11.8. The summed E-state index contributed by atoms with van der Waals surface area (Å²) in [6.45, 7) is 0. The summed E-state index contributed by atoms with van der Waals surface area (Å²) in [5.41, 5.74) is 0.0432. The predicted molar refractivity (Wildman–Crippen MR) is 58.0 cm³/mol. The van der Waals surface area contributed by atoms with E-state index in [0.717, 1.165) is 0 Å². The Labute approximate surface area is 93.0 Å². The molecule has 1 N–H and O–H groups in total. The summed E-state index contributed by atoms with van der Waals surface area (Å²) >= 11 is 0. The van der Waals surface area contributed by atoms with E-state index in [9.17, 15) is 9.59 Å². The van der Waals surface area contributed by atoms with Gasteiger partial charge < -0.3 is 10.0 Å². The number of carboxylic acids is 1. The van der Waals surface area contributed by atoms with Gasteiger partial charge >= 0.3 is 5.97 Å². The Hall–Kier alpha value is -2.17. The van der Waals surface area contributed by atoms with Crippen LogP contribution in [0.15, 0.2) is 36.3 Å². The number of carbonyl (C=O) groups excluding carboxylic acids is 1. The van der Waals surface area contributed by atoms with Crippen LogP contribution in [0.2, 0.25) is 0 Å². The van der Waals surface area contributed by atoms with Gasteiger partial charge in [-0.25, -0.2) is 4.79 Å². The first-order chi connectivity index (χ1) is 7.52. The molecule has 1 aromatic rings. The van der Waals surface area contributed by atoms with Gasteiger partial charge in [0.1, 0.15) is 5.57 Å². The highest BCUT2D eigenvalue weighted by molar-refractivity contribution is 6.23. The lowest BCUT2D eigenvalue weighted by molar-refractivity contribution is -0.132. The van der Waals surface area contributed by atoms with Crippen molar-refractivity contribution >= 4 is 11.8 Å². The van der Waals surface area contributed by atoms with Crippen LogP contribution >= 0.6 is 0 Å². The molecule has 0 amide bonds. The van der Waals surface area contributed by atoms with Crippen LogP contribution in [-0.2, 0) is 4.79 Å². The molecule has 0 aliphatic heterocycles. The molecule has 16 heavy (non-hydrogen) atoms. The first-order valence-electron chi connectivity index (χ1n) is 4.58. The molecule has 0 saturated carbocycles. The molecular formula is C11H12N2O3. The molecular weight excluding hydrogens is 208 g/mol. The van der Waals surface area contributed by atoms with Crippen LogP contribution < -0.4 is 0 Å². The molecule has 1 heterocycles. The van der Waals surface area contributed by atoms with E-state index >= 15 is 0 Å². The molecule has 0 atom stereocenters. The van der Waals surface area contributed by atoms with Gasteiger partial charge in [-0.15, -0.1) is 0 Å². The van der Waals surface area contributed by atoms with Gasteiger partial charge in [-0.1, -0.05) is 0 Å². The number of rotatable bonds is 4. The number of pyridine rings is 1. The highest BCUT2D eigenvalue weighted by Gasteiger charge is 2.19. The minimum absolute atomic E-state index is 0.267. The summed E-state index contributed by atoms with van der Waals surface area (Å²) in [5.74, 6) is -1.76. The summed E-state index contributed by atoms with van der Waals surface area (Å²) in [6.07, 6.45) is 4.18. The predicted octanol–water partition coefficient (Wildman–Crippen LogP) is 0.794. The molecule has 0 aliphatic carbocycles. The van der Waals surface area contributed by atoms with E-state index in [-0.39, 0.29) is 5.57 Å². The maximum atomic E-state index is 11.8. The monoisotopic (exact) mass is 220 g/mol. The Morgan fingerprint density at radius 1 is 1.31 bits per heavy atom. The van der Waals surface area contributed by atoms with Gasteiger partial charge in [-0.3, -0.25) is 9.78 Å². The zero-order valence-corrected chi connectivity index (χ0v) is 9.04. The van der Waals surface area contributed by atoms with E-state index in [4.69, 9.17) is 5.11 Å². The Balaban J connectivity index is 3.07. The number of hydrogen-bond acceptors (Lipinski definition) is 4. The van der Waals surface area contributed by atoms with Gasteiger partial charge in [0.15, 0.2) is 0 Å². The van der Waals surface area contributed by atoms with Gasteiger partial charge in [0.05, 0.1) is 0 Å². The van der Waals surface area contributed by atoms with Crippen molar-refractivity contribution in [3.05, 3.63) is 41.9 Å². The van der Waals surface area contributed by atoms with Crippen LogP contribution in [0, 0.1) is 0 Å². The van der Waals surface area contributed by atoms with E-state index in [2.05, 4.69) is 4.98 Å². The third-order valence-electron chi connectivity index (χ3n) is 1.80. The topological polar surface area (TPSA) is 70.5 Å². The van der Waals surface area contributed by atoms with E-state index in [0.29, 0.717) is 5.56 Å². The quantitative estimate of drug-likeness (QED) is 0.351. The second kappa shape index (κ2) is 5.06. The second-order valence-electron chi connectivity index (χ2n) is 3.38. The number of carbonyl (C=O) groups is 2. The standard InChI is InChI=1S/C11H12N2O3/c1-13(2)7-9(11(15)16)10(14)8-3-5-12-6-4-8/h3-7H,1-2H3,(H,15,16)/b9-7+. The van der Waals surface area contributed by atoms with Gasteiger partial charge in [-0.05, 0) is 12.1 Å². The Kier molecular flexibility index (Phi) is 3.77. The van der Waals surface area contributed by atoms with E-state index in [1.54, 1.807) is 14.1 Å². The van der Waals surface area contributed by atoms with Crippen LogP contribution in [-0.4, -0.2) is 40.8 Å². The summed E-state index contributed by atoms with van der Waals surface area (Å²) < 4.78 is 0. The number of hydrogen-bond donors (Lipinski definition) is 1. The van der Waals surface area contributed by atoms with Crippen molar-refractivity contribution in [1.82, 2.24) is 9.88 Å². The molecule has 0 fully saturated rings. The van der Waals surface area contributed by atoms with Crippen molar-refractivity contribution in [3.63, 3.8) is 0 Å². The van der Waals surface area contributed by atoms with Crippen molar-refractivity contribution in [1.29, 1.82) is 0 Å². The summed E-state index contributed by atoms with van der Waals surface area (Å²) in [4.78, 5) is 28.0. The molecule has 1 rings (SSSR count). The molecule has 5 nitrogen and oxygen atoms in total. The zero-order chi connectivity index (χ0) is 12.1. The molecule has 1 aromatic heterocycles. The summed E-state index contributed by atoms with van der Waals surface area (Å²) in [6, 6.07) is 2.96. The van der Waals surface area contributed by atoms with Crippen LogP contribution in [0.3, 0.4) is 0 Å². The third kappa shape index (κ3) is 2.91. The van der Waals surface area contributed by atoms with Crippen LogP contribution in [0.5, 0.6) is 0 Å². The fraction of sp³-hybridized carbons (Fsp3) is 0.182. The third-order valence-corrected chi connectivity index (χ3v) is 1.80. The normalized spacial score (nSPS) is 11.0. The molecule has 84 valence electrons. The van der Waals surface area contributed by atoms with Crippen LogP contribution in [0.1, 0.15) is 10.4 Å². The van der Waals surface area contributed by atoms with Crippen molar-refractivity contribution < 1.29 is 14.7 Å². The van der Waals surface area contributed by atoms with Crippen molar-refractivity contribution in [2.45, 2.75) is 0 Å². The first-order valence-corrected chi connectivity index (χ1v) is 4.58. The average Bonchev–Trinajstić information content (AvgIpc) is 2.25. The lowest BCUT2D eigenvalue weighted by Crippen LogP contribution is -2.16. The van der Waals surface area contributed by atoms with Crippen molar-refractivity contribution in [2.75, 3.05) is 14.1 Å². The number of aromatic nitrogens is 1. The number of aliphatic carboxylic acids is 1. The molecule has 0 aliphatic rings.